The summed E-state index contributed by atoms with van der Waals surface area (Å²) in [5.41, 5.74) is 0.147. The number of hydrogen-bond acceptors (Lipinski definition) is 5. The summed E-state index contributed by atoms with van der Waals surface area (Å²) >= 11 is 0. The van der Waals surface area contributed by atoms with E-state index in [0.29, 0.717) is 6.54 Å². The summed E-state index contributed by atoms with van der Waals surface area (Å²) in [4.78, 5) is 10.4. The number of nitro benzene ring substituents is 1. The Balaban J connectivity index is 2.33. The minimum Gasteiger partial charge on any atom is -0.384 e. The van der Waals surface area contributed by atoms with Gasteiger partial charge in [0.2, 0.25) is 10.0 Å². The second-order valence-corrected chi connectivity index (χ2v) is 6.80. The second kappa shape index (κ2) is 6.40. The summed E-state index contributed by atoms with van der Waals surface area (Å²) in [6.07, 6.45) is 3.49. The standard InChI is InChI=1S/C13H19N3O4S/c1-2-8-14-12-9-11(16(17)18)6-7-13(12)21(19,20)15-10-4-3-5-10/h6-7,9-10,14-15H,2-5,8H2,1H3. The third kappa shape index (κ3) is 3.70. The smallest absolute Gasteiger partial charge is 0.271 e. The van der Waals surface area contributed by atoms with E-state index in [0.717, 1.165) is 25.7 Å². The van der Waals surface area contributed by atoms with Crippen LogP contribution in [0.3, 0.4) is 0 Å². The van der Waals surface area contributed by atoms with E-state index < -0.39 is 14.9 Å². The number of nitro groups is 1. The van der Waals surface area contributed by atoms with E-state index in [1.165, 1.54) is 18.2 Å². The molecule has 0 bridgehead atoms. The van der Waals surface area contributed by atoms with Crippen LogP contribution in [0.2, 0.25) is 0 Å². The Hall–Kier alpha value is -1.67. The molecule has 116 valence electrons. The van der Waals surface area contributed by atoms with Crippen molar-refractivity contribution in [3.63, 3.8) is 0 Å². The lowest BCUT2D eigenvalue weighted by molar-refractivity contribution is -0.384. The van der Waals surface area contributed by atoms with Crippen LogP contribution in [0, 0.1) is 10.1 Å². The van der Waals surface area contributed by atoms with Crippen LogP contribution in [0.25, 0.3) is 0 Å². The highest BCUT2D eigenvalue weighted by Crippen LogP contribution is 2.28. The summed E-state index contributed by atoms with van der Waals surface area (Å²) in [6, 6.07) is 3.75. The minimum atomic E-state index is -3.66. The average molecular weight is 313 g/mol. The Morgan fingerprint density at radius 1 is 1.38 bits per heavy atom. The molecule has 0 aromatic heterocycles. The molecule has 0 radical (unpaired) electrons. The molecule has 1 aromatic carbocycles. The van der Waals surface area contributed by atoms with Crippen molar-refractivity contribution in [3.8, 4) is 0 Å². The van der Waals surface area contributed by atoms with Crippen LogP contribution in [0.15, 0.2) is 23.1 Å². The third-order valence-electron chi connectivity index (χ3n) is 3.46. The molecule has 0 atom stereocenters. The molecule has 1 aromatic rings. The van der Waals surface area contributed by atoms with Crippen LogP contribution in [0.4, 0.5) is 11.4 Å². The molecule has 1 saturated carbocycles. The predicted molar refractivity (Wildman–Crippen MR) is 79.8 cm³/mol. The van der Waals surface area contributed by atoms with Crippen LogP contribution < -0.4 is 10.0 Å². The van der Waals surface area contributed by atoms with Gasteiger partial charge in [-0.2, -0.15) is 0 Å². The Bertz CT molecular complexity index is 626. The largest absolute Gasteiger partial charge is 0.384 e. The van der Waals surface area contributed by atoms with Gasteiger partial charge >= 0.3 is 0 Å². The number of nitrogens with zero attached hydrogens (tertiary/aromatic N) is 1. The average Bonchev–Trinajstić information content (AvgIpc) is 2.40. The number of benzene rings is 1. The van der Waals surface area contributed by atoms with E-state index in [9.17, 15) is 18.5 Å². The molecule has 0 saturated heterocycles. The zero-order valence-corrected chi connectivity index (χ0v) is 12.6. The molecule has 0 spiro atoms. The Morgan fingerprint density at radius 3 is 2.62 bits per heavy atom. The molecule has 21 heavy (non-hydrogen) atoms. The van der Waals surface area contributed by atoms with Crippen molar-refractivity contribution in [1.29, 1.82) is 0 Å². The Kier molecular flexibility index (Phi) is 4.79. The van der Waals surface area contributed by atoms with Crippen LogP contribution in [0.5, 0.6) is 0 Å². The van der Waals surface area contributed by atoms with Gasteiger partial charge in [-0.3, -0.25) is 10.1 Å². The maximum absolute atomic E-state index is 12.4. The van der Waals surface area contributed by atoms with Crippen LogP contribution in [0.1, 0.15) is 32.6 Å². The summed E-state index contributed by atoms with van der Waals surface area (Å²) in [6.45, 7) is 2.48. The highest BCUT2D eigenvalue weighted by atomic mass is 32.2. The van der Waals surface area contributed by atoms with Crippen LogP contribution in [-0.4, -0.2) is 25.9 Å². The number of rotatable bonds is 7. The fourth-order valence-corrected chi connectivity index (χ4v) is 3.54. The van der Waals surface area contributed by atoms with Gasteiger partial charge in [-0.1, -0.05) is 13.3 Å². The molecular formula is C13H19N3O4S. The van der Waals surface area contributed by atoms with E-state index in [4.69, 9.17) is 0 Å². The van der Waals surface area contributed by atoms with E-state index in [1.54, 1.807) is 0 Å². The maximum Gasteiger partial charge on any atom is 0.271 e. The van der Waals surface area contributed by atoms with E-state index >= 15 is 0 Å². The summed E-state index contributed by atoms with van der Waals surface area (Å²) in [5.74, 6) is 0. The molecule has 0 unspecified atom stereocenters. The molecule has 0 aliphatic heterocycles. The molecule has 0 amide bonds. The van der Waals surface area contributed by atoms with Crippen molar-refractivity contribution in [1.82, 2.24) is 4.72 Å². The first-order valence-corrected chi connectivity index (χ1v) is 8.47. The van der Waals surface area contributed by atoms with Crippen molar-refractivity contribution in [2.45, 2.75) is 43.5 Å². The van der Waals surface area contributed by atoms with E-state index in [2.05, 4.69) is 10.0 Å². The molecule has 1 fully saturated rings. The summed E-state index contributed by atoms with van der Waals surface area (Å²) in [7, 11) is -3.66. The first-order valence-electron chi connectivity index (χ1n) is 6.98. The lowest BCUT2D eigenvalue weighted by Crippen LogP contribution is -2.39. The van der Waals surface area contributed by atoms with Crippen molar-refractivity contribution in [2.24, 2.45) is 0 Å². The number of nitrogens with one attached hydrogen (secondary N) is 2. The third-order valence-corrected chi connectivity index (χ3v) is 5.03. The van der Waals surface area contributed by atoms with Gasteiger partial charge in [-0.05, 0) is 25.3 Å². The number of non-ortho nitro benzene ring substituents is 1. The monoisotopic (exact) mass is 313 g/mol. The Morgan fingerprint density at radius 2 is 2.10 bits per heavy atom. The van der Waals surface area contributed by atoms with Gasteiger partial charge in [0.15, 0.2) is 0 Å². The quantitative estimate of drug-likeness (QED) is 0.594. The Labute approximate surface area is 123 Å². The SMILES string of the molecule is CCCNc1cc([N+](=O)[O-])ccc1S(=O)(=O)NC1CCC1. The zero-order chi connectivity index (χ0) is 15.5. The van der Waals surface area contributed by atoms with Crippen molar-refractivity contribution in [2.75, 3.05) is 11.9 Å². The maximum atomic E-state index is 12.4. The highest BCUT2D eigenvalue weighted by molar-refractivity contribution is 7.89. The van der Waals surface area contributed by atoms with Gasteiger partial charge in [0.1, 0.15) is 4.90 Å². The van der Waals surface area contributed by atoms with Crippen molar-refractivity contribution >= 4 is 21.4 Å². The first-order chi connectivity index (χ1) is 9.94. The second-order valence-electron chi connectivity index (χ2n) is 5.11. The summed E-state index contributed by atoms with van der Waals surface area (Å²) < 4.78 is 27.4. The molecule has 1 aliphatic rings. The molecular weight excluding hydrogens is 294 g/mol. The fourth-order valence-electron chi connectivity index (χ4n) is 2.07. The van der Waals surface area contributed by atoms with Crippen molar-refractivity contribution in [3.05, 3.63) is 28.3 Å². The van der Waals surface area contributed by atoms with E-state index in [-0.39, 0.29) is 22.3 Å². The first kappa shape index (κ1) is 15.7. The predicted octanol–water partition coefficient (Wildman–Crippen LogP) is 2.25. The number of sulfonamides is 1. The van der Waals surface area contributed by atoms with Crippen LogP contribution >= 0.6 is 0 Å². The molecule has 2 N–H and O–H groups in total. The molecule has 8 heteroatoms. The van der Waals surface area contributed by atoms with Gasteiger partial charge in [-0.25, -0.2) is 13.1 Å². The summed E-state index contributed by atoms with van der Waals surface area (Å²) in [5, 5.41) is 13.8. The molecule has 2 rings (SSSR count). The normalized spacial score (nSPS) is 15.5. The molecule has 1 aliphatic carbocycles. The number of hydrogen-bond donors (Lipinski definition) is 2. The lowest BCUT2D eigenvalue weighted by atomic mass is 9.94. The molecule has 0 heterocycles. The van der Waals surface area contributed by atoms with Gasteiger partial charge in [0, 0.05) is 24.7 Å². The lowest BCUT2D eigenvalue weighted by Gasteiger charge is -2.26. The van der Waals surface area contributed by atoms with Crippen molar-refractivity contribution < 1.29 is 13.3 Å². The zero-order valence-electron chi connectivity index (χ0n) is 11.8. The molecule has 7 nitrogen and oxygen atoms in total. The topological polar surface area (TPSA) is 101 Å². The highest BCUT2D eigenvalue weighted by Gasteiger charge is 2.27. The minimum absolute atomic E-state index is 0.0239. The van der Waals surface area contributed by atoms with Crippen LogP contribution in [-0.2, 0) is 10.0 Å². The fraction of sp³-hybridized carbons (Fsp3) is 0.538. The van der Waals surface area contributed by atoms with Gasteiger partial charge in [0.05, 0.1) is 10.6 Å². The van der Waals surface area contributed by atoms with E-state index in [1.807, 2.05) is 6.92 Å². The van der Waals surface area contributed by atoms with Gasteiger partial charge in [0.25, 0.3) is 5.69 Å². The van der Waals surface area contributed by atoms with Gasteiger partial charge in [-0.15, -0.1) is 0 Å². The van der Waals surface area contributed by atoms with Gasteiger partial charge < -0.3 is 5.32 Å². The number of anilines is 1.